The summed E-state index contributed by atoms with van der Waals surface area (Å²) in [5.74, 6) is -13.9. The predicted molar refractivity (Wildman–Crippen MR) is 399 cm³/mol. The third-order valence-electron chi connectivity index (χ3n) is 18.4. The second-order valence-corrected chi connectivity index (χ2v) is 29.0. The topological polar surface area (TPSA) is 558 Å². The third kappa shape index (κ3) is 28.0. The molecule has 43 heteroatoms. The number of unbranched alkanes of at least 4 members (excludes halogenated alkanes) is 1. The minimum Gasteiger partial charge on any atom is -0.481 e. The van der Waals surface area contributed by atoms with Crippen LogP contribution in [0, 0.1) is 17.8 Å². The highest BCUT2D eigenvalue weighted by molar-refractivity contribution is 5.99. The summed E-state index contributed by atoms with van der Waals surface area (Å²) in [5, 5.41) is 53.1. The molecule has 11 amide bonds. The summed E-state index contributed by atoms with van der Waals surface area (Å²) < 4.78 is 67.9. The Morgan fingerprint density at radius 2 is 0.974 bits per heavy atom. The van der Waals surface area contributed by atoms with E-state index in [4.69, 9.17) is 30.4 Å². The van der Waals surface area contributed by atoms with Gasteiger partial charge in [0, 0.05) is 70.4 Å². The molecule has 630 valence electrons. The maximum atomic E-state index is 15.0. The van der Waals surface area contributed by atoms with E-state index in [1.807, 2.05) is 0 Å². The molecule has 17 N–H and O–H groups in total. The Balaban J connectivity index is 1.02. The van der Waals surface area contributed by atoms with E-state index < -0.39 is 183 Å². The van der Waals surface area contributed by atoms with E-state index in [1.165, 1.54) is 35.6 Å². The van der Waals surface area contributed by atoms with Crippen molar-refractivity contribution >= 4 is 94.1 Å². The quantitative estimate of drug-likeness (QED) is 0.0162. The lowest BCUT2D eigenvalue weighted by atomic mass is 10.00. The van der Waals surface area contributed by atoms with Gasteiger partial charge >= 0.3 is 24.1 Å². The number of alkyl halides is 3. The number of fused-ring (bicyclic) bond motifs is 1. The van der Waals surface area contributed by atoms with Crippen molar-refractivity contribution in [3.63, 3.8) is 0 Å². The monoisotopic (exact) mass is 1610 g/mol. The lowest BCUT2D eigenvalue weighted by Crippen LogP contribution is -2.62. The number of aliphatic carboxylic acids is 1. The third-order valence-corrected chi connectivity index (χ3v) is 18.4. The van der Waals surface area contributed by atoms with Gasteiger partial charge in [0.1, 0.15) is 61.0 Å². The number of aromatic nitrogens is 7. The molecule has 4 aromatic rings. The van der Waals surface area contributed by atoms with Gasteiger partial charge < -0.3 is 113 Å². The van der Waals surface area contributed by atoms with Gasteiger partial charge in [-0.3, -0.25) is 52.5 Å². The number of aromatic amines is 1. The zero-order valence-electron chi connectivity index (χ0n) is 64.6. The number of carboxylic acids is 1. The van der Waals surface area contributed by atoms with Gasteiger partial charge in [-0.05, 0) is 93.4 Å². The minimum atomic E-state index is -5.02. The molecule has 9 unspecified atom stereocenters. The number of ether oxygens (including phenoxy) is 4. The van der Waals surface area contributed by atoms with E-state index in [9.17, 15) is 72.9 Å². The van der Waals surface area contributed by atoms with E-state index >= 15 is 13.2 Å². The number of anilines is 2. The lowest BCUT2D eigenvalue weighted by molar-refractivity contribution is -0.150. The molecule has 6 heterocycles. The fourth-order valence-electron chi connectivity index (χ4n) is 12.5. The summed E-state index contributed by atoms with van der Waals surface area (Å²) in [7, 11) is 0. The van der Waals surface area contributed by atoms with Crippen LogP contribution in [-0.2, 0) is 90.9 Å². The van der Waals surface area contributed by atoms with Crippen LogP contribution >= 0.6 is 0 Å². The average molecular weight is 1610 g/mol. The smallest absolute Gasteiger partial charge is 0.450 e. The van der Waals surface area contributed by atoms with Gasteiger partial charge in [0.15, 0.2) is 0 Å². The van der Waals surface area contributed by atoms with Crippen molar-refractivity contribution < 1.29 is 105 Å². The van der Waals surface area contributed by atoms with Crippen molar-refractivity contribution in [1.82, 2.24) is 87.2 Å². The number of hydrogen-bond acceptors (Lipinski definition) is 26. The number of benzene rings is 1. The Labute approximate surface area is 654 Å². The second kappa shape index (κ2) is 44.2. The molecule has 0 radical (unpaired) electrons. The average Bonchev–Trinajstić information content (AvgIpc) is 1.59. The van der Waals surface area contributed by atoms with Gasteiger partial charge in [0.05, 0.1) is 70.2 Å². The number of primary amides is 1. The predicted octanol–water partition coefficient (Wildman–Crippen LogP) is -2.42. The fourth-order valence-corrected chi connectivity index (χ4v) is 12.5. The number of imidazole rings is 2. The van der Waals surface area contributed by atoms with Crippen LogP contribution in [0.25, 0.3) is 17.0 Å². The zero-order valence-corrected chi connectivity index (χ0v) is 64.6. The fraction of sp³-hybridized carbons (Fsp3) is 0.648. The van der Waals surface area contributed by atoms with E-state index in [2.05, 4.69) is 77.8 Å². The molecule has 114 heavy (non-hydrogen) atoms. The van der Waals surface area contributed by atoms with E-state index in [0.717, 1.165) is 4.57 Å². The number of nitrogens with two attached hydrogens (primary N) is 2. The zero-order chi connectivity index (χ0) is 83.3. The molecular weight excluding hydrogens is 1510 g/mol. The molecular formula is C71H106F3N21O19. The highest BCUT2D eigenvalue weighted by atomic mass is 19.4. The first kappa shape index (κ1) is 90.7. The molecule has 3 fully saturated rings. The molecule has 0 aliphatic carbocycles. The van der Waals surface area contributed by atoms with Crippen molar-refractivity contribution in [1.29, 1.82) is 0 Å². The van der Waals surface area contributed by atoms with Gasteiger partial charge in [0.2, 0.25) is 76.8 Å². The number of esters is 1. The highest BCUT2D eigenvalue weighted by Crippen LogP contribution is 2.35. The first-order valence-electron chi connectivity index (χ1n) is 37.9. The number of carboxylic acid groups (broad SMARTS) is 1. The molecule has 7 rings (SSSR count). The molecule has 1 aromatic carbocycles. The number of urea groups is 1. The lowest BCUT2D eigenvalue weighted by Gasteiger charge is -2.30. The molecule has 0 bridgehead atoms. The number of carbonyl (C=O) groups excluding carboxylic acids is 11. The number of morpholine rings is 3. The summed E-state index contributed by atoms with van der Waals surface area (Å²) in [5.41, 5.74) is 11.6. The minimum absolute atomic E-state index is 0.0425. The van der Waals surface area contributed by atoms with Crippen LogP contribution in [0.15, 0.2) is 30.7 Å². The number of H-pyrrole nitrogens is 1. The van der Waals surface area contributed by atoms with Crippen LogP contribution in [0.2, 0.25) is 0 Å². The number of rotatable bonds is 43. The van der Waals surface area contributed by atoms with Gasteiger partial charge in [-0.1, -0.05) is 47.6 Å². The number of aliphatic hydroxyl groups is 2. The number of hydrogen-bond donors (Lipinski definition) is 15. The van der Waals surface area contributed by atoms with E-state index in [0.29, 0.717) is 59.0 Å². The number of nitrogens with one attached hydrogen (secondary N) is 10. The molecule has 3 aliphatic rings. The van der Waals surface area contributed by atoms with Gasteiger partial charge in [0.25, 0.3) is 0 Å². The number of carbonyl (C=O) groups is 12. The van der Waals surface area contributed by atoms with E-state index in [-0.39, 0.29) is 129 Å². The summed E-state index contributed by atoms with van der Waals surface area (Å²) in [4.78, 5) is 194. The molecule has 3 saturated heterocycles. The Kier molecular flexibility index (Phi) is 35.2. The number of aliphatic hydroxyl groups excluding tert-OH is 2. The Morgan fingerprint density at radius 1 is 0.544 bits per heavy atom. The van der Waals surface area contributed by atoms with Crippen molar-refractivity contribution in [2.24, 2.45) is 29.2 Å². The summed E-state index contributed by atoms with van der Waals surface area (Å²) in [6.07, 6.45) is -4.56. The van der Waals surface area contributed by atoms with E-state index in [1.54, 1.807) is 51.3 Å². The summed E-state index contributed by atoms with van der Waals surface area (Å²) in [6.45, 7) is 11.6. The number of amides is 11. The normalized spacial score (nSPS) is 16.4. The first-order valence-corrected chi connectivity index (χ1v) is 37.9. The van der Waals surface area contributed by atoms with Crippen LogP contribution in [0.1, 0.15) is 123 Å². The summed E-state index contributed by atoms with van der Waals surface area (Å²) in [6, 6.07) is -10.9. The molecule has 0 spiro atoms. The first-order chi connectivity index (χ1) is 54.2. The van der Waals surface area contributed by atoms with Crippen molar-refractivity contribution in [3.05, 3.63) is 47.8 Å². The molecule has 3 aromatic heterocycles. The standard InChI is InChI=1S/C71H106F3N21O19/c1-39(2)29-48(60(104)80-45(11-14-55(76)98)59(103)84-51(31-41(5)6)65(109)114-37-42-10-13-54-47(32-42)87-66(71(72,73)74)95(54)69-90-67(92-17-23-111-24-18-92)89-68(91-69)93-19-25-112-26-20-93)82-57(101)44(9-7-8-16-75)79-63(107)52(35-96)86-64(108)53(36-97)85-62(106)50(33-43-34-77-38-78-43)83-58(102)46(12-15-56(99)100)81-61(105)49(30-40(3)4)88-70(110)94-21-27-113-28-22-94/h10,13,32,34,38-41,44-46,48-53,96-97H,7-9,11-12,14-31,33,35-37,75H2,1-6H3,(H2,76,98)(H,77,78)(H,79,107)(H,80,104)(H,81,105)(H,82,101)(H,83,102)(H,84,103)(H,85,106)(H,86,108)(H,88,110)(H,99,100). The van der Waals surface area contributed by atoms with Gasteiger partial charge in [-0.25, -0.2) is 19.6 Å². The van der Waals surface area contributed by atoms with Crippen LogP contribution in [0.3, 0.4) is 0 Å². The maximum Gasteiger partial charge on any atom is 0.450 e. The van der Waals surface area contributed by atoms with Crippen molar-refractivity contribution in [2.75, 3.05) is 108 Å². The van der Waals surface area contributed by atoms with Crippen LogP contribution < -0.4 is 69.1 Å². The largest absolute Gasteiger partial charge is 0.481 e. The van der Waals surface area contributed by atoms with Crippen LogP contribution in [0.4, 0.5) is 29.9 Å². The summed E-state index contributed by atoms with van der Waals surface area (Å²) >= 11 is 0. The Morgan fingerprint density at radius 3 is 1.45 bits per heavy atom. The molecule has 9 atom stereocenters. The van der Waals surface area contributed by atoms with Crippen molar-refractivity contribution in [2.45, 2.75) is 179 Å². The maximum absolute atomic E-state index is 15.0. The van der Waals surface area contributed by atoms with Crippen LogP contribution in [-0.4, -0.2) is 279 Å². The second-order valence-electron chi connectivity index (χ2n) is 29.0. The number of halogens is 3. The van der Waals surface area contributed by atoms with Gasteiger partial charge in [-0.2, -0.15) is 28.1 Å². The van der Waals surface area contributed by atoms with Gasteiger partial charge in [-0.15, -0.1) is 0 Å². The molecule has 0 saturated carbocycles. The highest BCUT2D eigenvalue weighted by Gasteiger charge is 2.41. The molecule has 40 nitrogen and oxygen atoms in total. The molecule has 3 aliphatic heterocycles. The van der Waals surface area contributed by atoms with Crippen LogP contribution in [0.5, 0.6) is 0 Å². The SMILES string of the molecule is CC(C)CC(NC(=O)C(CCCCN)NC(=O)C(CO)NC(=O)C(CO)NC(=O)C(Cc1cnc[nH]1)NC(=O)C(CCC(=O)O)NC(=O)C(CC(C)C)NC(=O)N1CCOCC1)C(=O)NC(CCC(N)=O)C(=O)NC(CC(C)C)C(=O)OCc1ccc2c(c1)nc(C(F)(F)F)n2-c1nc(N2CCOCC2)nc(N2CCOCC2)n1. The number of nitrogens with zero attached hydrogens (tertiary/aromatic N) is 9. The Bertz CT molecular complexity index is 3870. The van der Waals surface area contributed by atoms with Crippen molar-refractivity contribution in [3.8, 4) is 5.95 Å². The Hall–Kier alpha value is -10.5.